The summed E-state index contributed by atoms with van der Waals surface area (Å²) in [7, 11) is 0. The Hall–Kier alpha value is -4.80. The fourth-order valence-corrected chi connectivity index (χ4v) is 8.00. The van der Waals surface area contributed by atoms with Gasteiger partial charge in [-0.2, -0.15) is 0 Å². The second kappa shape index (κ2) is 12.9. The number of nitrogens with zero attached hydrogens (tertiary/aromatic N) is 3. The number of hydrogen-bond donors (Lipinski definition) is 2. The molecule has 9 nitrogen and oxygen atoms in total. The van der Waals surface area contributed by atoms with E-state index in [0.29, 0.717) is 47.2 Å². The average Bonchev–Trinajstić information content (AvgIpc) is 3.83. The van der Waals surface area contributed by atoms with E-state index >= 15 is 0 Å². The SMILES string of the molecule is Cc1cnc(N2CC3(CCOCC3)C2)c(C(=O)Nc2ccc(C(=O)N3CCC(c4cc(C(=O)NC5CC5)cs4)=Cc4ccccc43)cc2)c1. The largest absolute Gasteiger partial charge is 0.381 e. The number of para-hydroxylation sites is 1. The van der Waals surface area contributed by atoms with Gasteiger partial charge >= 0.3 is 0 Å². The number of thiophene rings is 1. The summed E-state index contributed by atoms with van der Waals surface area (Å²) in [6.07, 6.45) is 8.78. The summed E-state index contributed by atoms with van der Waals surface area (Å²) in [5.41, 5.74) is 6.45. The molecule has 2 aromatic carbocycles. The zero-order chi connectivity index (χ0) is 33.5. The number of carbonyl (C=O) groups excluding carboxylic acids is 3. The summed E-state index contributed by atoms with van der Waals surface area (Å²) < 4.78 is 5.57. The monoisotopic (exact) mass is 673 g/mol. The molecular formula is C39H39N5O4S. The van der Waals surface area contributed by atoms with E-state index in [0.717, 1.165) is 79.3 Å². The first-order valence-corrected chi connectivity index (χ1v) is 17.9. The summed E-state index contributed by atoms with van der Waals surface area (Å²) in [6.45, 7) is 5.78. The lowest BCUT2D eigenvalue weighted by atomic mass is 9.73. The second-order valence-electron chi connectivity index (χ2n) is 13.8. The van der Waals surface area contributed by atoms with Crippen LogP contribution >= 0.6 is 11.3 Å². The molecule has 49 heavy (non-hydrogen) atoms. The third kappa shape index (κ3) is 6.50. The average molecular weight is 674 g/mol. The molecule has 2 N–H and O–H groups in total. The van der Waals surface area contributed by atoms with Crippen LogP contribution in [0.25, 0.3) is 11.6 Å². The van der Waals surface area contributed by atoms with Crippen LogP contribution in [0.4, 0.5) is 17.2 Å². The van der Waals surface area contributed by atoms with E-state index in [-0.39, 0.29) is 23.1 Å². The number of ether oxygens (including phenoxy) is 1. The van der Waals surface area contributed by atoms with Crippen LogP contribution in [0, 0.1) is 12.3 Å². The third-order valence-corrected chi connectivity index (χ3v) is 11.0. The fraction of sp³-hybridized carbons (Fsp3) is 0.333. The Kier molecular flexibility index (Phi) is 8.29. The molecule has 5 heterocycles. The maximum absolute atomic E-state index is 14.0. The van der Waals surface area contributed by atoms with E-state index in [1.807, 2.05) is 59.8 Å². The van der Waals surface area contributed by atoms with Crippen molar-refractivity contribution in [3.05, 3.63) is 105 Å². The van der Waals surface area contributed by atoms with E-state index in [9.17, 15) is 14.4 Å². The van der Waals surface area contributed by atoms with Crippen molar-refractivity contribution in [2.45, 2.75) is 45.1 Å². The Bertz CT molecular complexity index is 1950. The highest BCUT2D eigenvalue weighted by Gasteiger charge is 2.45. The molecule has 3 aliphatic heterocycles. The summed E-state index contributed by atoms with van der Waals surface area (Å²) in [4.78, 5) is 49.9. The minimum absolute atomic E-state index is 0.0216. The smallest absolute Gasteiger partial charge is 0.259 e. The second-order valence-corrected chi connectivity index (χ2v) is 14.7. The van der Waals surface area contributed by atoms with Crippen molar-refractivity contribution in [1.82, 2.24) is 10.3 Å². The quantitative estimate of drug-likeness (QED) is 0.224. The Morgan fingerprint density at radius 1 is 0.959 bits per heavy atom. The lowest BCUT2D eigenvalue weighted by molar-refractivity contribution is -0.000511. The van der Waals surface area contributed by atoms with Crippen molar-refractivity contribution in [2.24, 2.45) is 5.41 Å². The van der Waals surface area contributed by atoms with Crippen molar-refractivity contribution in [3.63, 3.8) is 0 Å². The van der Waals surface area contributed by atoms with Gasteiger partial charge in [-0.05, 0) is 104 Å². The van der Waals surface area contributed by atoms with Gasteiger partial charge in [-0.15, -0.1) is 11.3 Å². The van der Waals surface area contributed by atoms with Gasteiger partial charge in [0.05, 0.1) is 16.8 Å². The molecule has 1 spiro atoms. The lowest BCUT2D eigenvalue weighted by Crippen LogP contribution is -2.59. The van der Waals surface area contributed by atoms with E-state index in [4.69, 9.17) is 4.74 Å². The topological polar surface area (TPSA) is 104 Å². The van der Waals surface area contributed by atoms with Crippen LogP contribution < -0.4 is 20.4 Å². The minimum atomic E-state index is -0.222. The molecule has 1 aliphatic carbocycles. The molecule has 0 bridgehead atoms. The van der Waals surface area contributed by atoms with Gasteiger partial charge in [-0.25, -0.2) is 4.98 Å². The highest BCUT2D eigenvalue weighted by atomic mass is 32.1. The van der Waals surface area contributed by atoms with Crippen LogP contribution in [0.2, 0.25) is 0 Å². The molecule has 3 amide bonds. The van der Waals surface area contributed by atoms with Crippen molar-refractivity contribution < 1.29 is 19.1 Å². The van der Waals surface area contributed by atoms with Crippen LogP contribution in [0.1, 0.15) is 79.2 Å². The van der Waals surface area contributed by atoms with Gasteiger partial charge in [0.1, 0.15) is 5.82 Å². The molecular weight excluding hydrogens is 635 g/mol. The molecule has 4 aliphatic rings. The van der Waals surface area contributed by atoms with E-state index in [1.165, 1.54) is 0 Å². The van der Waals surface area contributed by atoms with Gasteiger partial charge < -0.3 is 25.2 Å². The molecule has 2 saturated heterocycles. The molecule has 10 heteroatoms. The fourth-order valence-electron chi connectivity index (χ4n) is 7.06. The van der Waals surface area contributed by atoms with Crippen LogP contribution in [-0.4, -0.2) is 61.6 Å². The molecule has 250 valence electrons. The normalized spacial score (nSPS) is 18.2. The first kappa shape index (κ1) is 31.5. The molecule has 2 aromatic heterocycles. The molecule has 4 aromatic rings. The Morgan fingerprint density at radius 2 is 1.73 bits per heavy atom. The first-order chi connectivity index (χ1) is 23.8. The standard InChI is InChI=1S/C39H39N5O4S/c1-25-18-32(35(40-21-25)43-23-39(24-43)13-16-48-17-14-39)37(46)42-30-8-6-26(7-9-30)38(47)44-15-12-28(19-27-4-2-3-5-33(27)44)34-20-29(22-49-34)36(45)41-31-10-11-31/h2-9,18-22,31H,10-17,23-24H2,1H3,(H,41,45)(H,42,46). The van der Waals surface area contributed by atoms with Gasteiger partial charge in [0, 0.05) is 72.0 Å². The van der Waals surface area contributed by atoms with Crippen LogP contribution in [0.3, 0.4) is 0 Å². The van der Waals surface area contributed by atoms with Crippen molar-refractivity contribution in [3.8, 4) is 0 Å². The summed E-state index contributed by atoms with van der Waals surface area (Å²) >= 11 is 1.56. The summed E-state index contributed by atoms with van der Waals surface area (Å²) in [5.74, 6) is 0.354. The highest BCUT2D eigenvalue weighted by molar-refractivity contribution is 7.11. The van der Waals surface area contributed by atoms with Gasteiger partial charge in [-0.3, -0.25) is 14.4 Å². The van der Waals surface area contributed by atoms with Gasteiger partial charge in [-0.1, -0.05) is 18.2 Å². The number of hydrogen-bond acceptors (Lipinski definition) is 7. The number of rotatable bonds is 7. The number of fused-ring (bicyclic) bond motifs is 1. The van der Waals surface area contributed by atoms with E-state index in [1.54, 1.807) is 35.6 Å². The number of benzene rings is 2. The predicted octanol–water partition coefficient (Wildman–Crippen LogP) is 6.80. The number of aryl methyl sites for hydroxylation is 1. The molecule has 0 atom stereocenters. The van der Waals surface area contributed by atoms with Gasteiger partial charge in [0.25, 0.3) is 17.7 Å². The van der Waals surface area contributed by atoms with Crippen LogP contribution in [-0.2, 0) is 4.74 Å². The summed E-state index contributed by atoms with van der Waals surface area (Å²) in [5, 5.41) is 8.01. The molecule has 3 fully saturated rings. The molecule has 1 saturated carbocycles. The van der Waals surface area contributed by atoms with Crippen molar-refractivity contribution >= 4 is 57.9 Å². The zero-order valence-corrected chi connectivity index (χ0v) is 28.4. The highest BCUT2D eigenvalue weighted by Crippen LogP contribution is 2.42. The minimum Gasteiger partial charge on any atom is -0.381 e. The van der Waals surface area contributed by atoms with Crippen LogP contribution in [0.5, 0.6) is 0 Å². The molecule has 8 rings (SSSR count). The van der Waals surface area contributed by atoms with Crippen molar-refractivity contribution in [2.75, 3.05) is 48.0 Å². The van der Waals surface area contributed by atoms with Gasteiger partial charge in [0.15, 0.2) is 0 Å². The van der Waals surface area contributed by atoms with Crippen LogP contribution in [0.15, 0.2) is 72.2 Å². The lowest BCUT2D eigenvalue weighted by Gasteiger charge is -2.53. The number of amides is 3. The Labute approximate surface area is 290 Å². The zero-order valence-electron chi connectivity index (χ0n) is 27.5. The maximum atomic E-state index is 14.0. The molecule has 0 radical (unpaired) electrons. The third-order valence-electron chi connectivity index (χ3n) is 10.0. The van der Waals surface area contributed by atoms with E-state index in [2.05, 4.69) is 26.6 Å². The number of pyridine rings is 1. The number of nitrogens with one attached hydrogen (secondary N) is 2. The summed E-state index contributed by atoms with van der Waals surface area (Å²) in [6, 6.07) is 19.2. The Morgan fingerprint density at radius 3 is 2.51 bits per heavy atom. The van der Waals surface area contributed by atoms with Crippen molar-refractivity contribution in [1.29, 1.82) is 0 Å². The predicted molar refractivity (Wildman–Crippen MR) is 193 cm³/mol. The maximum Gasteiger partial charge on any atom is 0.259 e. The first-order valence-electron chi connectivity index (χ1n) is 17.1. The number of carbonyl (C=O) groups is 3. The Balaban J connectivity index is 0.955. The molecule has 0 unspecified atom stereocenters. The van der Waals surface area contributed by atoms with Gasteiger partial charge in [0.2, 0.25) is 0 Å². The number of anilines is 3. The van der Waals surface area contributed by atoms with E-state index < -0.39 is 0 Å². The number of aromatic nitrogens is 1.